The van der Waals surface area contributed by atoms with Crippen molar-refractivity contribution in [2.75, 3.05) is 19.6 Å². The van der Waals surface area contributed by atoms with Crippen LogP contribution < -0.4 is 5.32 Å². The molecular weight excluding hydrogens is 320 g/mol. The third-order valence-electron chi connectivity index (χ3n) is 5.02. The molecule has 0 amide bonds. The molecule has 0 aliphatic carbocycles. The summed E-state index contributed by atoms with van der Waals surface area (Å²) < 4.78 is 6.47. The summed E-state index contributed by atoms with van der Waals surface area (Å²) in [6, 6.07) is 10.7. The fraction of sp³-hybridized carbons (Fsp3) is 0.478. The van der Waals surface area contributed by atoms with E-state index < -0.39 is 0 Å². The Balaban J connectivity index is 0.00000117. The van der Waals surface area contributed by atoms with Gasteiger partial charge in [-0.2, -0.15) is 0 Å². The molecule has 1 saturated heterocycles. The summed E-state index contributed by atoms with van der Waals surface area (Å²) in [5.74, 6) is 0.891. The van der Waals surface area contributed by atoms with Gasteiger partial charge in [0.25, 0.3) is 0 Å². The molecule has 0 bridgehead atoms. The van der Waals surface area contributed by atoms with Gasteiger partial charge in [-0.05, 0) is 37.5 Å². The molecule has 0 radical (unpaired) electrons. The lowest BCUT2D eigenvalue weighted by molar-refractivity contribution is -0.0464. The Hall–Kier alpha value is -2.00. The van der Waals surface area contributed by atoms with Gasteiger partial charge in [-0.15, -0.1) is 0 Å². The number of rotatable bonds is 4. The van der Waals surface area contributed by atoms with E-state index in [2.05, 4.69) is 53.2 Å². The average molecular weight is 355 g/mol. The van der Waals surface area contributed by atoms with E-state index in [-0.39, 0.29) is 5.60 Å². The molecule has 142 valence electrons. The summed E-state index contributed by atoms with van der Waals surface area (Å²) in [4.78, 5) is 2.53. The molecule has 3 heteroatoms. The van der Waals surface area contributed by atoms with Crippen molar-refractivity contribution in [3.63, 3.8) is 0 Å². The maximum absolute atomic E-state index is 6.47. The topological polar surface area (TPSA) is 24.5 Å². The fourth-order valence-electron chi connectivity index (χ4n) is 3.62. The standard InChI is InChI=1S/C21H28N2O.C2H6/c1-3-8-19-20(4-2)24-21(11-14-22-19)12-15-23(16-13-21)17-18-9-6-5-7-10-18;1-2/h3-10,22H,2,11-17H2,1H3;1-2H3/b8-3-;. The van der Waals surface area contributed by atoms with Crippen LogP contribution in [0.4, 0.5) is 0 Å². The first-order valence-corrected chi connectivity index (χ1v) is 9.93. The Morgan fingerprint density at radius 3 is 2.46 bits per heavy atom. The lowest BCUT2D eigenvalue weighted by Gasteiger charge is -2.41. The highest BCUT2D eigenvalue weighted by atomic mass is 16.5. The van der Waals surface area contributed by atoms with Gasteiger partial charge in [0.2, 0.25) is 0 Å². The molecule has 0 unspecified atom stereocenters. The predicted molar refractivity (Wildman–Crippen MR) is 111 cm³/mol. The number of nitrogens with one attached hydrogen (secondary N) is 1. The van der Waals surface area contributed by atoms with Crippen LogP contribution in [0.2, 0.25) is 0 Å². The summed E-state index contributed by atoms with van der Waals surface area (Å²) in [6.07, 6.45) is 9.14. The van der Waals surface area contributed by atoms with E-state index in [4.69, 9.17) is 4.74 Å². The first-order valence-electron chi connectivity index (χ1n) is 9.93. The monoisotopic (exact) mass is 354 g/mol. The Morgan fingerprint density at radius 1 is 1.15 bits per heavy atom. The van der Waals surface area contributed by atoms with Crippen LogP contribution in [0.5, 0.6) is 0 Å². The summed E-state index contributed by atoms with van der Waals surface area (Å²) in [5, 5.41) is 3.49. The molecule has 1 aromatic carbocycles. The first-order chi connectivity index (χ1) is 12.7. The van der Waals surface area contributed by atoms with Crippen LogP contribution in [0.15, 0.2) is 66.6 Å². The molecular formula is C23H34N2O. The number of benzene rings is 1. The van der Waals surface area contributed by atoms with E-state index in [1.165, 1.54) is 5.56 Å². The molecule has 1 aromatic rings. The lowest BCUT2D eigenvalue weighted by atomic mass is 9.87. The maximum Gasteiger partial charge on any atom is 0.142 e. The van der Waals surface area contributed by atoms with Crippen molar-refractivity contribution < 1.29 is 4.74 Å². The zero-order valence-electron chi connectivity index (χ0n) is 16.6. The number of hydrogen-bond donors (Lipinski definition) is 1. The molecule has 0 saturated carbocycles. The molecule has 0 atom stereocenters. The van der Waals surface area contributed by atoms with Gasteiger partial charge in [0.05, 0.1) is 5.70 Å². The number of ether oxygens (including phenoxy) is 1. The number of piperidine rings is 1. The molecule has 26 heavy (non-hydrogen) atoms. The van der Waals surface area contributed by atoms with Crippen LogP contribution in [0, 0.1) is 0 Å². The van der Waals surface area contributed by atoms with E-state index >= 15 is 0 Å². The van der Waals surface area contributed by atoms with E-state index in [1.54, 1.807) is 0 Å². The van der Waals surface area contributed by atoms with E-state index in [0.29, 0.717) is 0 Å². The highest BCUT2D eigenvalue weighted by Crippen LogP contribution is 2.35. The smallest absolute Gasteiger partial charge is 0.142 e. The van der Waals surface area contributed by atoms with Crippen molar-refractivity contribution in [1.29, 1.82) is 0 Å². The summed E-state index contributed by atoms with van der Waals surface area (Å²) in [7, 11) is 0. The third kappa shape index (κ3) is 5.25. The van der Waals surface area contributed by atoms with Crippen molar-refractivity contribution >= 4 is 0 Å². The van der Waals surface area contributed by atoms with Gasteiger partial charge in [0.1, 0.15) is 11.4 Å². The van der Waals surface area contributed by atoms with Gasteiger partial charge in [0, 0.05) is 32.6 Å². The normalized spacial score (nSPS) is 20.0. The highest BCUT2D eigenvalue weighted by molar-refractivity contribution is 5.28. The van der Waals surface area contributed by atoms with Crippen LogP contribution in [0.1, 0.15) is 45.6 Å². The van der Waals surface area contributed by atoms with Crippen molar-refractivity contribution in [2.45, 2.75) is 52.2 Å². The maximum atomic E-state index is 6.47. The first kappa shape index (κ1) is 20.3. The molecule has 3 nitrogen and oxygen atoms in total. The second-order valence-corrected chi connectivity index (χ2v) is 6.71. The third-order valence-corrected chi connectivity index (χ3v) is 5.02. The number of nitrogens with zero attached hydrogens (tertiary/aromatic N) is 1. The van der Waals surface area contributed by atoms with Gasteiger partial charge in [0.15, 0.2) is 0 Å². The van der Waals surface area contributed by atoms with E-state index in [9.17, 15) is 0 Å². The second kappa shape index (κ2) is 10.2. The summed E-state index contributed by atoms with van der Waals surface area (Å²) >= 11 is 0. The Kier molecular flexibility index (Phi) is 7.99. The molecule has 1 spiro atoms. The fourth-order valence-corrected chi connectivity index (χ4v) is 3.62. The molecule has 3 rings (SSSR count). The van der Waals surface area contributed by atoms with Gasteiger partial charge < -0.3 is 10.1 Å². The Morgan fingerprint density at radius 2 is 1.85 bits per heavy atom. The largest absolute Gasteiger partial charge is 0.485 e. The average Bonchev–Trinajstić information content (AvgIpc) is 2.86. The van der Waals surface area contributed by atoms with Crippen molar-refractivity contribution in [3.8, 4) is 0 Å². The van der Waals surface area contributed by atoms with Gasteiger partial charge >= 0.3 is 0 Å². The van der Waals surface area contributed by atoms with E-state index in [0.717, 1.165) is 56.9 Å². The van der Waals surface area contributed by atoms with Crippen molar-refractivity contribution in [3.05, 3.63) is 72.2 Å². The summed E-state index contributed by atoms with van der Waals surface area (Å²) in [5.41, 5.74) is 2.39. The number of likely N-dealkylation sites (tertiary alicyclic amines) is 1. The highest BCUT2D eigenvalue weighted by Gasteiger charge is 2.38. The number of allylic oxidation sites excluding steroid dienone is 3. The van der Waals surface area contributed by atoms with Crippen LogP contribution in [0.25, 0.3) is 0 Å². The molecule has 2 aliphatic rings. The lowest BCUT2D eigenvalue weighted by Crippen LogP contribution is -2.46. The second-order valence-electron chi connectivity index (χ2n) is 6.71. The van der Waals surface area contributed by atoms with Crippen LogP contribution in [0.3, 0.4) is 0 Å². The predicted octanol–water partition coefficient (Wildman–Crippen LogP) is 5.03. The van der Waals surface area contributed by atoms with Crippen LogP contribution in [-0.2, 0) is 11.3 Å². The van der Waals surface area contributed by atoms with Crippen LogP contribution in [-0.4, -0.2) is 30.1 Å². The van der Waals surface area contributed by atoms with Gasteiger partial charge in [-0.25, -0.2) is 0 Å². The van der Waals surface area contributed by atoms with E-state index in [1.807, 2.05) is 32.9 Å². The van der Waals surface area contributed by atoms with Crippen molar-refractivity contribution in [2.24, 2.45) is 0 Å². The van der Waals surface area contributed by atoms with Gasteiger partial charge in [-0.1, -0.05) is 56.8 Å². The molecule has 1 N–H and O–H groups in total. The molecule has 1 fully saturated rings. The molecule has 2 heterocycles. The minimum Gasteiger partial charge on any atom is -0.485 e. The quantitative estimate of drug-likeness (QED) is 0.820. The number of hydrogen-bond acceptors (Lipinski definition) is 3. The SMILES string of the molecule is C=CC1=C(/C=C\C)NCCC2(CCN(Cc3ccccc3)CC2)O1.CC. The zero-order chi connectivity index (χ0) is 18.8. The Labute approximate surface area is 159 Å². The summed E-state index contributed by atoms with van der Waals surface area (Å²) in [6.45, 7) is 14.1. The molecule has 2 aliphatic heterocycles. The molecule has 0 aromatic heterocycles. The Bertz CT molecular complexity index is 610. The minimum absolute atomic E-state index is 0.0486. The minimum atomic E-state index is -0.0486. The van der Waals surface area contributed by atoms with Crippen LogP contribution >= 0.6 is 0 Å². The van der Waals surface area contributed by atoms with Gasteiger partial charge in [-0.3, -0.25) is 4.90 Å². The zero-order valence-corrected chi connectivity index (χ0v) is 16.6. The van der Waals surface area contributed by atoms with Crippen molar-refractivity contribution in [1.82, 2.24) is 10.2 Å².